The van der Waals surface area contributed by atoms with Gasteiger partial charge in [-0.3, -0.25) is 14.7 Å². The average molecular weight is 460 g/mol. The lowest BCUT2D eigenvalue weighted by atomic mass is 10.1. The summed E-state index contributed by atoms with van der Waals surface area (Å²) in [5, 5.41) is 5.93. The zero-order valence-corrected chi connectivity index (χ0v) is 20.3. The molecule has 3 aromatic rings. The Kier molecular flexibility index (Phi) is 6.72. The van der Waals surface area contributed by atoms with Crippen molar-refractivity contribution in [2.24, 2.45) is 5.92 Å². The third kappa shape index (κ3) is 6.25. The van der Waals surface area contributed by atoms with Crippen molar-refractivity contribution in [2.75, 3.05) is 18.4 Å². The lowest BCUT2D eigenvalue weighted by Gasteiger charge is -2.28. The van der Waals surface area contributed by atoms with Crippen LogP contribution >= 0.6 is 0 Å². The number of carbonyl (C=O) groups is 2. The number of benzene rings is 2. The van der Waals surface area contributed by atoms with Crippen LogP contribution in [0.15, 0.2) is 60.8 Å². The van der Waals surface area contributed by atoms with Gasteiger partial charge in [-0.15, -0.1) is 0 Å². The predicted octanol–water partition coefficient (Wildman–Crippen LogP) is 5.01. The second-order valence-electron chi connectivity index (χ2n) is 10.1. The summed E-state index contributed by atoms with van der Waals surface area (Å²) in [5.41, 5.74) is 3.37. The van der Waals surface area contributed by atoms with Gasteiger partial charge in [-0.25, -0.2) is 9.78 Å². The van der Waals surface area contributed by atoms with Crippen LogP contribution in [-0.4, -0.2) is 45.0 Å². The van der Waals surface area contributed by atoms with E-state index in [-0.39, 0.29) is 24.0 Å². The molecule has 0 aliphatic heterocycles. The number of imidazole rings is 1. The monoisotopic (exact) mass is 459 g/mol. The molecule has 1 saturated carbocycles. The van der Waals surface area contributed by atoms with Gasteiger partial charge < -0.3 is 10.2 Å². The summed E-state index contributed by atoms with van der Waals surface area (Å²) in [6.45, 7) is 8.38. The van der Waals surface area contributed by atoms with Gasteiger partial charge in [0, 0.05) is 29.5 Å². The molecule has 7 nitrogen and oxygen atoms in total. The fourth-order valence-electron chi connectivity index (χ4n) is 3.76. The largest absolute Gasteiger partial charge is 0.333 e. The minimum atomic E-state index is -0.374. The smallest absolute Gasteiger partial charge is 0.318 e. The topological polar surface area (TPSA) is 79.3 Å². The molecule has 0 radical (unpaired) electrons. The maximum absolute atomic E-state index is 13.1. The molecular formula is C27H33N5O2. The van der Waals surface area contributed by atoms with E-state index in [1.54, 1.807) is 4.90 Å². The molecule has 0 saturated heterocycles. The fraction of sp³-hybridized carbons (Fsp3) is 0.370. The summed E-state index contributed by atoms with van der Waals surface area (Å²) < 4.78 is 1.88. The van der Waals surface area contributed by atoms with Crippen LogP contribution in [0, 0.1) is 12.8 Å². The number of anilines is 1. The van der Waals surface area contributed by atoms with Crippen LogP contribution in [0.4, 0.5) is 10.7 Å². The van der Waals surface area contributed by atoms with E-state index in [2.05, 4.69) is 10.6 Å². The van der Waals surface area contributed by atoms with Crippen LogP contribution in [-0.2, 0) is 4.79 Å². The summed E-state index contributed by atoms with van der Waals surface area (Å²) in [5.74, 6) is 0.623. The van der Waals surface area contributed by atoms with Gasteiger partial charge in [-0.05, 0) is 64.2 Å². The lowest BCUT2D eigenvalue weighted by Crippen LogP contribution is -2.51. The van der Waals surface area contributed by atoms with E-state index in [9.17, 15) is 9.59 Å². The van der Waals surface area contributed by atoms with Gasteiger partial charge in [0.15, 0.2) is 0 Å². The van der Waals surface area contributed by atoms with Crippen molar-refractivity contribution in [1.82, 2.24) is 19.8 Å². The third-order valence-electron chi connectivity index (χ3n) is 5.59. The molecule has 34 heavy (non-hydrogen) atoms. The second kappa shape index (κ2) is 9.71. The van der Waals surface area contributed by atoms with Crippen molar-refractivity contribution >= 4 is 17.9 Å². The minimum Gasteiger partial charge on any atom is -0.333 e. The Morgan fingerprint density at radius 1 is 1.09 bits per heavy atom. The van der Waals surface area contributed by atoms with E-state index in [0.29, 0.717) is 18.4 Å². The average Bonchev–Trinajstić information content (AvgIpc) is 3.50. The maximum atomic E-state index is 13.1. The van der Waals surface area contributed by atoms with E-state index < -0.39 is 0 Å². The number of nitrogens with one attached hydrogen (secondary N) is 2. The first-order valence-corrected chi connectivity index (χ1v) is 11.8. The second-order valence-corrected chi connectivity index (χ2v) is 10.1. The van der Waals surface area contributed by atoms with Crippen LogP contribution in [0.2, 0.25) is 0 Å². The predicted molar refractivity (Wildman–Crippen MR) is 135 cm³/mol. The first-order valence-electron chi connectivity index (χ1n) is 11.8. The van der Waals surface area contributed by atoms with Gasteiger partial charge in [0.1, 0.15) is 6.54 Å². The molecule has 4 rings (SSSR count). The van der Waals surface area contributed by atoms with E-state index in [4.69, 9.17) is 4.98 Å². The van der Waals surface area contributed by atoms with Crippen LogP contribution in [0.5, 0.6) is 0 Å². The van der Waals surface area contributed by atoms with E-state index >= 15 is 0 Å². The zero-order valence-electron chi connectivity index (χ0n) is 20.3. The Balaban J connectivity index is 1.58. The number of carbonyl (C=O) groups excluding carboxylic acids is 2. The highest BCUT2D eigenvalue weighted by Gasteiger charge is 2.29. The summed E-state index contributed by atoms with van der Waals surface area (Å²) >= 11 is 0. The van der Waals surface area contributed by atoms with Gasteiger partial charge in [-0.1, -0.05) is 42.5 Å². The molecule has 0 bridgehead atoms. The number of rotatable bonds is 7. The van der Waals surface area contributed by atoms with E-state index in [0.717, 1.165) is 35.3 Å². The molecule has 0 atom stereocenters. The Hall–Kier alpha value is -3.61. The molecule has 1 aliphatic rings. The van der Waals surface area contributed by atoms with Gasteiger partial charge >= 0.3 is 6.03 Å². The quantitative estimate of drug-likeness (QED) is 0.521. The van der Waals surface area contributed by atoms with Gasteiger partial charge in [-0.2, -0.15) is 0 Å². The van der Waals surface area contributed by atoms with Crippen LogP contribution in [0.3, 0.4) is 0 Å². The number of aryl methyl sites for hydroxylation is 1. The Morgan fingerprint density at radius 2 is 1.82 bits per heavy atom. The number of hydrogen-bond acceptors (Lipinski definition) is 3. The van der Waals surface area contributed by atoms with Gasteiger partial charge in [0.2, 0.25) is 11.9 Å². The highest BCUT2D eigenvalue weighted by Crippen LogP contribution is 2.30. The number of amides is 3. The molecule has 178 valence electrons. The molecule has 2 aromatic carbocycles. The Bertz CT molecular complexity index is 1160. The van der Waals surface area contributed by atoms with E-state index in [1.807, 2.05) is 93.1 Å². The summed E-state index contributed by atoms with van der Waals surface area (Å²) in [6.07, 6.45) is 4.12. The summed E-state index contributed by atoms with van der Waals surface area (Å²) in [7, 11) is 0. The molecule has 1 aromatic heterocycles. The van der Waals surface area contributed by atoms with Crippen LogP contribution in [0.1, 0.15) is 39.2 Å². The first-order chi connectivity index (χ1) is 16.2. The normalized spacial score (nSPS) is 13.4. The standard InChI is InChI=1S/C27H33N5O2/c1-19-9-8-12-22(15-19)32-17-23(21-10-6-5-7-11-21)28-25(32)29-24(33)18-31(16-20-13-14-20)26(34)30-27(2,3)4/h5-12,15,17,20H,13-14,16,18H2,1-4H3,(H,30,34)(H,28,29,33). The molecule has 0 spiro atoms. The van der Waals surface area contributed by atoms with Crippen LogP contribution < -0.4 is 10.6 Å². The zero-order chi connectivity index (χ0) is 24.3. The molecule has 3 amide bonds. The highest BCUT2D eigenvalue weighted by molar-refractivity contribution is 5.93. The first kappa shape index (κ1) is 23.5. The van der Waals surface area contributed by atoms with Gasteiger partial charge in [0.25, 0.3) is 0 Å². The number of hydrogen-bond donors (Lipinski definition) is 2. The Morgan fingerprint density at radius 3 is 2.47 bits per heavy atom. The van der Waals surface area contributed by atoms with Crippen LogP contribution in [0.25, 0.3) is 16.9 Å². The molecule has 1 fully saturated rings. The maximum Gasteiger partial charge on any atom is 0.318 e. The number of aromatic nitrogens is 2. The summed E-state index contributed by atoms with van der Waals surface area (Å²) in [4.78, 5) is 32.3. The Labute approximate surface area is 201 Å². The molecule has 2 N–H and O–H groups in total. The molecule has 7 heteroatoms. The molecule has 1 aliphatic carbocycles. The van der Waals surface area contributed by atoms with Gasteiger partial charge in [0.05, 0.1) is 5.69 Å². The number of nitrogens with zero attached hydrogens (tertiary/aromatic N) is 3. The van der Waals surface area contributed by atoms with Crippen molar-refractivity contribution < 1.29 is 9.59 Å². The molecule has 1 heterocycles. The fourth-order valence-corrected chi connectivity index (χ4v) is 3.76. The number of urea groups is 1. The lowest BCUT2D eigenvalue weighted by molar-refractivity contribution is -0.116. The van der Waals surface area contributed by atoms with Crippen molar-refractivity contribution in [3.63, 3.8) is 0 Å². The third-order valence-corrected chi connectivity index (χ3v) is 5.59. The SMILES string of the molecule is Cc1cccc(-n2cc(-c3ccccc3)nc2NC(=O)CN(CC2CC2)C(=O)NC(C)(C)C)c1. The minimum absolute atomic E-state index is 0.0280. The highest BCUT2D eigenvalue weighted by atomic mass is 16.2. The molecule has 0 unspecified atom stereocenters. The van der Waals surface area contributed by atoms with Crippen molar-refractivity contribution in [1.29, 1.82) is 0 Å². The summed E-state index contributed by atoms with van der Waals surface area (Å²) in [6, 6.07) is 17.7. The van der Waals surface area contributed by atoms with Crippen molar-refractivity contribution in [3.05, 3.63) is 66.4 Å². The van der Waals surface area contributed by atoms with Crippen molar-refractivity contribution in [2.45, 2.75) is 46.1 Å². The molecular weight excluding hydrogens is 426 g/mol. The van der Waals surface area contributed by atoms with E-state index in [1.165, 1.54) is 0 Å². The van der Waals surface area contributed by atoms with Crippen molar-refractivity contribution in [3.8, 4) is 16.9 Å².